The molecule has 1 N–H and O–H groups in total. The summed E-state index contributed by atoms with van der Waals surface area (Å²) in [4.78, 5) is 28.0. The summed E-state index contributed by atoms with van der Waals surface area (Å²) in [6.07, 6.45) is 1.05. The number of aromatic nitrogens is 2. The van der Waals surface area contributed by atoms with Crippen LogP contribution in [-0.2, 0) is 16.0 Å². The summed E-state index contributed by atoms with van der Waals surface area (Å²) in [6.45, 7) is 7.95. The van der Waals surface area contributed by atoms with Crippen molar-refractivity contribution in [1.82, 2.24) is 14.9 Å². The number of halogens is 1. The molecule has 2 aromatic heterocycles. The molecule has 2 heterocycles. The van der Waals surface area contributed by atoms with Crippen molar-refractivity contribution < 1.29 is 19.1 Å². The number of alkyl carbamates (subject to hydrolysis) is 1. The molecule has 0 aliphatic heterocycles. The van der Waals surface area contributed by atoms with Crippen LogP contribution in [0.15, 0.2) is 18.3 Å². The number of pyridine rings is 1. The topological polar surface area (TPSA) is 82.5 Å². The first-order valence-corrected chi connectivity index (χ1v) is 8.38. The molecule has 0 saturated heterocycles. The Morgan fingerprint density at radius 3 is 2.72 bits per heavy atom. The molecular formula is C17H22ClN3O4. The summed E-state index contributed by atoms with van der Waals surface area (Å²) >= 11 is 6.19. The van der Waals surface area contributed by atoms with Crippen LogP contribution in [0.5, 0.6) is 0 Å². The molecule has 0 aliphatic carbocycles. The van der Waals surface area contributed by atoms with Crippen LogP contribution >= 0.6 is 11.6 Å². The van der Waals surface area contributed by atoms with Crippen LogP contribution in [0.25, 0.3) is 10.9 Å². The highest BCUT2D eigenvalue weighted by molar-refractivity contribution is 6.34. The Balaban J connectivity index is 2.22. The van der Waals surface area contributed by atoms with Crippen LogP contribution in [0.2, 0.25) is 5.15 Å². The lowest BCUT2D eigenvalue weighted by Crippen LogP contribution is -2.34. The minimum Gasteiger partial charge on any atom is -0.461 e. The van der Waals surface area contributed by atoms with Gasteiger partial charge in [0, 0.05) is 24.7 Å². The maximum absolute atomic E-state index is 12.2. The molecule has 0 spiro atoms. The van der Waals surface area contributed by atoms with E-state index >= 15 is 0 Å². The quantitative estimate of drug-likeness (QED) is 0.647. The fraction of sp³-hybridized carbons (Fsp3) is 0.471. The first-order chi connectivity index (χ1) is 11.7. The normalized spacial score (nSPS) is 11.4. The lowest BCUT2D eigenvalue weighted by Gasteiger charge is -2.20. The Bertz CT molecular complexity index is 780. The molecule has 0 bridgehead atoms. The zero-order chi connectivity index (χ0) is 18.6. The average molecular weight is 368 g/mol. The van der Waals surface area contributed by atoms with Crippen molar-refractivity contribution in [2.75, 3.05) is 13.2 Å². The number of amides is 1. The van der Waals surface area contributed by atoms with Crippen molar-refractivity contribution in [3.05, 3.63) is 29.2 Å². The van der Waals surface area contributed by atoms with E-state index in [2.05, 4.69) is 10.3 Å². The van der Waals surface area contributed by atoms with Crippen molar-refractivity contribution in [3.63, 3.8) is 0 Å². The molecule has 136 valence electrons. The second kappa shape index (κ2) is 7.74. The van der Waals surface area contributed by atoms with Crippen molar-refractivity contribution in [1.29, 1.82) is 0 Å². The van der Waals surface area contributed by atoms with E-state index in [-0.39, 0.29) is 18.3 Å². The molecule has 2 rings (SSSR count). The maximum atomic E-state index is 12.2. The number of esters is 1. The summed E-state index contributed by atoms with van der Waals surface area (Å²) in [5, 5.41) is 3.72. The lowest BCUT2D eigenvalue weighted by atomic mass is 10.2. The third-order valence-electron chi connectivity index (χ3n) is 3.25. The molecule has 0 radical (unpaired) electrons. The number of ether oxygens (including phenoxy) is 2. The second-order valence-electron chi connectivity index (χ2n) is 6.37. The highest BCUT2D eigenvalue weighted by Gasteiger charge is 2.20. The molecule has 0 atom stereocenters. The monoisotopic (exact) mass is 367 g/mol. The molecule has 25 heavy (non-hydrogen) atoms. The van der Waals surface area contributed by atoms with Gasteiger partial charge >= 0.3 is 12.1 Å². The molecule has 0 saturated carbocycles. The first-order valence-electron chi connectivity index (χ1n) is 8.00. The Morgan fingerprint density at radius 2 is 2.08 bits per heavy atom. The molecule has 0 unspecified atom stereocenters. The lowest BCUT2D eigenvalue weighted by molar-refractivity contribution is 0.0514. The van der Waals surface area contributed by atoms with Gasteiger partial charge in [-0.25, -0.2) is 14.6 Å². The molecule has 0 aliphatic rings. The number of nitrogens with zero attached hydrogens (tertiary/aromatic N) is 2. The summed E-state index contributed by atoms with van der Waals surface area (Å²) in [5.41, 5.74) is 0.407. The van der Waals surface area contributed by atoms with Gasteiger partial charge in [-0.15, -0.1) is 0 Å². The highest BCUT2D eigenvalue weighted by Crippen LogP contribution is 2.25. The Kier molecular flexibility index (Phi) is 5.89. The van der Waals surface area contributed by atoms with Gasteiger partial charge in [0.2, 0.25) is 0 Å². The maximum Gasteiger partial charge on any atom is 0.407 e. The number of carbonyl (C=O) groups excluding carboxylic acids is 2. The number of carbonyl (C=O) groups is 2. The molecular weight excluding hydrogens is 346 g/mol. The fourth-order valence-corrected chi connectivity index (χ4v) is 2.63. The molecule has 2 aromatic rings. The van der Waals surface area contributed by atoms with Gasteiger partial charge in [0.15, 0.2) is 5.15 Å². The summed E-state index contributed by atoms with van der Waals surface area (Å²) < 4.78 is 12.0. The molecule has 0 fully saturated rings. The van der Waals surface area contributed by atoms with Gasteiger partial charge in [0.05, 0.1) is 12.1 Å². The smallest absolute Gasteiger partial charge is 0.407 e. The standard InChI is InChI=1S/C17H22ClN3O4/c1-5-24-15(22)12-10-11-6-7-19-14(18)13(11)21(12)9-8-20-16(23)25-17(2,3)4/h6-7,10H,5,8-9H2,1-4H3,(H,20,23). The third kappa shape index (κ3) is 4.85. The van der Waals surface area contributed by atoms with Crippen LogP contribution in [0, 0.1) is 0 Å². The van der Waals surface area contributed by atoms with Crippen molar-refractivity contribution in [2.24, 2.45) is 0 Å². The Morgan fingerprint density at radius 1 is 1.36 bits per heavy atom. The van der Waals surface area contributed by atoms with E-state index in [0.717, 1.165) is 5.39 Å². The van der Waals surface area contributed by atoms with Crippen LogP contribution in [-0.4, -0.2) is 40.4 Å². The predicted octanol–water partition coefficient (Wildman–Crippen LogP) is 3.39. The van der Waals surface area contributed by atoms with Crippen LogP contribution in [0.1, 0.15) is 38.2 Å². The van der Waals surface area contributed by atoms with Gasteiger partial charge in [-0.1, -0.05) is 11.6 Å². The van der Waals surface area contributed by atoms with Gasteiger partial charge in [-0.2, -0.15) is 0 Å². The average Bonchev–Trinajstić information content (AvgIpc) is 2.86. The van der Waals surface area contributed by atoms with E-state index in [1.54, 1.807) is 50.6 Å². The number of fused-ring (bicyclic) bond motifs is 1. The van der Waals surface area contributed by atoms with Gasteiger partial charge in [-0.3, -0.25) is 0 Å². The summed E-state index contributed by atoms with van der Waals surface area (Å²) in [7, 11) is 0. The van der Waals surface area contributed by atoms with Crippen molar-refractivity contribution in [3.8, 4) is 0 Å². The van der Waals surface area contributed by atoms with Gasteiger partial charge in [-0.05, 0) is 39.8 Å². The Hall–Kier alpha value is -2.28. The van der Waals surface area contributed by atoms with E-state index in [1.165, 1.54) is 0 Å². The van der Waals surface area contributed by atoms with Gasteiger partial charge in [0.1, 0.15) is 11.3 Å². The summed E-state index contributed by atoms with van der Waals surface area (Å²) in [5.74, 6) is -0.452. The van der Waals surface area contributed by atoms with Crippen LogP contribution in [0.4, 0.5) is 4.79 Å². The van der Waals surface area contributed by atoms with E-state index < -0.39 is 17.7 Å². The Labute approximate surface area is 151 Å². The number of nitrogens with one attached hydrogen (secondary N) is 1. The van der Waals surface area contributed by atoms with E-state index in [4.69, 9.17) is 21.1 Å². The van der Waals surface area contributed by atoms with E-state index in [0.29, 0.717) is 17.8 Å². The zero-order valence-electron chi connectivity index (χ0n) is 14.8. The minimum atomic E-state index is -0.576. The minimum absolute atomic E-state index is 0.260. The van der Waals surface area contributed by atoms with Gasteiger partial charge in [0.25, 0.3) is 0 Å². The number of hydrogen-bond acceptors (Lipinski definition) is 5. The highest BCUT2D eigenvalue weighted by atomic mass is 35.5. The van der Waals surface area contributed by atoms with E-state index in [9.17, 15) is 9.59 Å². The first kappa shape index (κ1) is 19.1. The van der Waals surface area contributed by atoms with E-state index in [1.807, 2.05) is 0 Å². The summed E-state index contributed by atoms with van der Waals surface area (Å²) in [6, 6.07) is 3.47. The zero-order valence-corrected chi connectivity index (χ0v) is 15.5. The molecule has 8 heteroatoms. The van der Waals surface area contributed by atoms with Gasteiger partial charge < -0.3 is 19.4 Å². The van der Waals surface area contributed by atoms with Crippen molar-refractivity contribution in [2.45, 2.75) is 39.8 Å². The number of rotatable bonds is 5. The third-order valence-corrected chi connectivity index (χ3v) is 3.53. The fourth-order valence-electron chi connectivity index (χ4n) is 2.36. The number of hydrogen-bond donors (Lipinski definition) is 1. The largest absolute Gasteiger partial charge is 0.461 e. The SMILES string of the molecule is CCOC(=O)c1cc2ccnc(Cl)c2n1CCNC(=O)OC(C)(C)C. The molecule has 1 amide bonds. The molecule has 0 aromatic carbocycles. The molecule has 7 nitrogen and oxygen atoms in total. The van der Waals surface area contributed by atoms with Crippen molar-refractivity contribution >= 4 is 34.6 Å². The predicted molar refractivity (Wildman–Crippen MR) is 94.9 cm³/mol. The van der Waals surface area contributed by atoms with Crippen LogP contribution < -0.4 is 5.32 Å². The van der Waals surface area contributed by atoms with Crippen LogP contribution in [0.3, 0.4) is 0 Å². The second-order valence-corrected chi connectivity index (χ2v) is 6.73.